The Morgan fingerprint density at radius 3 is 2.45 bits per heavy atom. The van der Waals surface area contributed by atoms with E-state index in [-0.39, 0.29) is 0 Å². The highest BCUT2D eigenvalue weighted by atomic mass is 16.5. The molecular weight excluding hydrogens is 254 g/mol. The van der Waals surface area contributed by atoms with Gasteiger partial charge in [-0.25, -0.2) is 0 Å². The van der Waals surface area contributed by atoms with Crippen molar-refractivity contribution in [2.45, 2.75) is 32.1 Å². The maximum atomic E-state index is 6.00. The Labute approximate surface area is 120 Å². The number of nitrogens with one attached hydrogen (secondary N) is 1. The molecule has 1 N–H and O–H groups in total. The van der Waals surface area contributed by atoms with Crippen LogP contribution in [0.2, 0.25) is 0 Å². The van der Waals surface area contributed by atoms with Gasteiger partial charge in [0.1, 0.15) is 5.75 Å². The average Bonchev–Trinajstić information content (AvgIpc) is 2.51. The molecule has 0 amide bonds. The molecule has 4 nitrogen and oxygen atoms in total. The van der Waals surface area contributed by atoms with Crippen LogP contribution in [0.15, 0.2) is 0 Å². The van der Waals surface area contributed by atoms with E-state index >= 15 is 0 Å². The molecule has 0 spiro atoms. The summed E-state index contributed by atoms with van der Waals surface area (Å²) < 4.78 is 17.6. The van der Waals surface area contributed by atoms with Crippen LogP contribution in [0.3, 0.4) is 0 Å². The molecule has 4 heteroatoms. The molecule has 1 aromatic rings. The van der Waals surface area contributed by atoms with Crippen LogP contribution in [0.5, 0.6) is 17.2 Å². The number of rotatable bonds is 4. The molecule has 0 saturated carbocycles. The normalized spacial score (nSPS) is 16.7. The standard InChI is InChI=1S/C16H23NO3/c1-17-8-7-12-11-5-3-10-20-16(11)15(18-2)13-6-4-9-19-14(12)13/h17H,3-10H2,1-2H3. The van der Waals surface area contributed by atoms with Crippen LogP contribution in [-0.2, 0) is 19.3 Å². The van der Waals surface area contributed by atoms with Gasteiger partial charge in [-0.2, -0.15) is 0 Å². The van der Waals surface area contributed by atoms with Crippen LogP contribution < -0.4 is 19.5 Å². The van der Waals surface area contributed by atoms with Crippen molar-refractivity contribution in [1.82, 2.24) is 5.32 Å². The zero-order chi connectivity index (χ0) is 13.9. The van der Waals surface area contributed by atoms with Gasteiger partial charge in [-0.05, 0) is 45.7 Å². The van der Waals surface area contributed by atoms with Gasteiger partial charge in [-0.3, -0.25) is 0 Å². The van der Waals surface area contributed by atoms with E-state index in [0.29, 0.717) is 0 Å². The number of hydrogen-bond acceptors (Lipinski definition) is 4. The van der Waals surface area contributed by atoms with Crippen LogP contribution in [0.25, 0.3) is 0 Å². The quantitative estimate of drug-likeness (QED) is 0.915. The van der Waals surface area contributed by atoms with Crippen LogP contribution in [0.1, 0.15) is 29.5 Å². The summed E-state index contributed by atoms with van der Waals surface area (Å²) in [6, 6.07) is 0. The van der Waals surface area contributed by atoms with Gasteiger partial charge in [0.15, 0.2) is 11.5 Å². The number of hydrogen-bond donors (Lipinski definition) is 1. The number of methoxy groups -OCH3 is 1. The number of fused-ring (bicyclic) bond motifs is 2. The molecule has 2 aliphatic heterocycles. The Morgan fingerprint density at radius 1 is 1.05 bits per heavy atom. The van der Waals surface area contributed by atoms with Gasteiger partial charge in [0.25, 0.3) is 0 Å². The maximum absolute atomic E-state index is 6.00. The maximum Gasteiger partial charge on any atom is 0.167 e. The summed E-state index contributed by atoms with van der Waals surface area (Å²) in [7, 11) is 3.72. The second-order valence-electron chi connectivity index (χ2n) is 5.38. The van der Waals surface area contributed by atoms with Gasteiger partial charge in [0.2, 0.25) is 0 Å². The van der Waals surface area contributed by atoms with Gasteiger partial charge in [0, 0.05) is 16.7 Å². The van der Waals surface area contributed by atoms with Crippen molar-refractivity contribution in [3.8, 4) is 17.2 Å². The molecule has 2 heterocycles. The zero-order valence-electron chi connectivity index (χ0n) is 12.4. The molecule has 0 bridgehead atoms. The molecule has 0 atom stereocenters. The number of benzene rings is 1. The summed E-state index contributed by atoms with van der Waals surface area (Å²) in [6.07, 6.45) is 5.17. The van der Waals surface area contributed by atoms with Gasteiger partial charge < -0.3 is 19.5 Å². The van der Waals surface area contributed by atoms with Crippen molar-refractivity contribution in [1.29, 1.82) is 0 Å². The summed E-state index contributed by atoms with van der Waals surface area (Å²) in [5.41, 5.74) is 3.82. The lowest BCUT2D eigenvalue weighted by molar-refractivity contribution is 0.250. The molecule has 110 valence electrons. The number of ether oxygens (including phenoxy) is 3. The van der Waals surface area contributed by atoms with Crippen LogP contribution >= 0.6 is 0 Å². The smallest absolute Gasteiger partial charge is 0.167 e. The first kappa shape index (κ1) is 13.6. The van der Waals surface area contributed by atoms with Crippen molar-refractivity contribution in [2.75, 3.05) is 33.9 Å². The minimum atomic E-state index is 0.786. The fourth-order valence-corrected chi connectivity index (χ4v) is 3.23. The fraction of sp³-hybridized carbons (Fsp3) is 0.625. The Morgan fingerprint density at radius 2 is 1.75 bits per heavy atom. The lowest BCUT2D eigenvalue weighted by atomic mass is 9.90. The Hall–Kier alpha value is -1.42. The first-order valence-corrected chi connectivity index (χ1v) is 7.51. The Bertz CT molecular complexity index is 462. The fourth-order valence-electron chi connectivity index (χ4n) is 3.23. The van der Waals surface area contributed by atoms with Gasteiger partial charge in [0.05, 0.1) is 20.3 Å². The molecule has 0 unspecified atom stereocenters. The minimum Gasteiger partial charge on any atom is -0.493 e. The van der Waals surface area contributed by atoms with Crippen molar-refractivity contribution < 1.29 is 14.2 Å². The third kappa shape index (κ3) is 2.22. The third-order valence-corrected chi connectivity index (χ3v) is 4.13. The van der Waals surface area contributed by atoms with Crippen molar-refractivity contribution in [2.24, 2.45) is 0 Å². The van der Waals surface area contributed by atoms with E-state index in [2.05, 4.69) is 5.32 Å². The molecule has 0 radical (unpaired) electrons. The minimum absolute atomic E-state index is 0.786. The van der Waals surface area contributed by atoms with Crippen LogP contribution in [0.4, 0.5) is 0 Å². The third-order valence-electron chi connectivity index (χ3n) is 4.13. The second-order valence-corrected chi connectivity index (χ2v) is 5.38. The largest absolute Gasteiger partial charge is 0.493 e. The van der Waals surface area contributed by atoms with Crippen LogP contribution in [-0.4, -0.2) is 33.9 Å². The summed E-state index contributed by atoms with van der Waals surface area (Å²) in [5.74, 6) is 2.93. The molecule has 1 aromatic carbocycles. The predicted octanol–water partition coefficient (Wildman–Crippen LogP) is 2.11. The summed E-state index contributed by atoms with van der Waals surface area (Å²) in [6.45, 7) is 2.55. The Balaban J connectivity index is 2.15. The topological polar surface area (TPSA) is 39.7 Å². The molecule has 2 aliphatic rings. The van der Waals surface area contributed by atoms with E-state index < -0.39 is 0 Å². The zero-order valence-corrected chi connectivity index (χ0v) is 12.4. The van der Waals surface area contributed by atoms with Gasteiger partial charge >= 0.3 is 0 Å². The molecule has 0 saturated heterocycles. The summed E-state index contributed by atoms with van der Waals surface area (Å²) in [5, 5.41) is 3.23. The highest BCUT2D eigenvalue weighted by molar-refractivity contribution is 5.64. The molecular formula is C16H23NO3. The average molecular weight is 277 g/mol. The van der Waals surface area contributed by atoms with E-state index in [1.165, 1.54) is 16.7 Å². The predicted molar refractivity (Wildman–Crippen MR) is 78.3 cm³/mol. The van der Waals surface area contributed by atoms with E-state index in [1.807, 2.05) is 7.05 Å². The second kappa shape index (κ2) is 5.92. The molecule has 0 aromatic heterocycles. The molecule has 3 rings (SSSR count). The lowest BCUT2D eigenvalue weighted by Gasteiger charge is -2.30. The van der Waals surface area contributed by atoms with Gasteiger partial charge in [-0.15, -0.1) is 0 Å². The monoisotopic (exact) mass is 277 g/mol. The van der Waals surface area contributed by atoms with Crippen LogP contribution in [0, 0.1) is 0 Å². The van der Waals surface area contributed by atoms with Crippen molar-refractivity contribution >= 4 is 0 Å². The summed E-state index contributed by atoms with van der Waals surface area (Å²) >= 11 is 0. The number of likely N-dealkylation sites (N-methyl/N-ethyl adjacent to an activating group) is 1. The molecule has 0 aliphatic carbocycles. The highest BCUT2D eigenvalue weighted by Gasteiger charge is 2.29. The van der Waals surface area contributed by atoms with Gasteiger partial charge in [-0.1, -0.05) is 0 Å². The van der Waals surface area contributed by atoms with Crippen molar-refractivity contribution in [3.63, 3.8) is 0 Å². The van der Waals surface area contributed by atoms with E-state index in [4.69, 9.17) is 14.2 Å². The molecule has 20 heavy (non-hydrogen) atoms. The first-order valence-electron chi connectivity index (χ1n) is 7.51. The van der Waals surface area contributed by atoms with Crippen molar-refractivity contribution in [3.05, 3.63) is 16.7 Å². The van der Waals surface area contributed by atoms with E-state index in [1.54, 1.807) is 7.11 Å². The van der Waals surface area contributed by atoms with E-state index in [9.17, 15) is 0 Å². The first-order chi connectivity index (χ1) is 9.86. The summed E-state index contributed by atoms with van der Waals surface area (Å²) in [4.78, 5) is 0. The van der Waals surface area contributed by atoms with E-state index in [0.717, 1.165) is 69.1 Å². The highest BCUT2D eigenvalue weighted by Crippen LogP contribution is 2.48. The lowest BCUT2D eigenvalue weighted by Crippen LogP contribution is -2.20. The Kier molecular flexibility index (Phi) is 4.01. The SMILES string of the molecule is CNCCc1c2c(c(OC)c3c1OCCC3)OCCC2. The molecule has 0 fully saturated rings.